The minimum absolute atomic E-state index is 0.0994. The smallest absolute Gasteiger partial charge is 0.277 e. The van der Waals surface area contributed by atoms with Crippen LogP contribution in [0.25, 0.3) is 0 Å². The Morgan fingerprint density at radius 1 is 1.23 bits per heavy atom. The fourth-order valence-corrected chi connectivity index (χ4v) is 6.52. The Balaban J connectivity index is 1.51. The molecule has 142 valence electrons. The number of sulfonamides is 1. The number of piperazine rings is 1. The fourth-order valence-electron chi connectivity index (χ4n) is 2.98. The minimum Gasteiger partial charge on any atom is -0.336 e. The van der Waals surface area contributed by atoms with Crippen molar-refractivity contribution >= 4 is 38.6 Å². The Kier molecular flexibility index (Phi) is 6.13. The second-order valence-electron chi connectivity index (χ2n) is 6.54. The van der Waals surface area contributed by atoms with E-state index in [9.17, 15) is 13.2 Å². The number of thiophene rings is 2. The van der Waals surface area contributed by atoms with Crippen molar-refractivity contribution < 1.29 is 18.1 Å². The van der Waals surface area contributed by atoms with Crippen molar-refractivity contribution in [2.45, 2.75) is 17.7 Å². The predicted octanol–water partition coefficient (Wildman–Crippen LogP) is 0.666. The molecule has 1 aliphatic heterocycles. The van der Waals surface area contributed by atoms with Crippen LogP contribution in [0.5, 0.6) is 0 Å². The molecule has 1 aliphatic rings. The number of likely N-dealkylation sites (N-methyl/N-ethyl adjacent to an activating group) is 1. The summed E-state index contributed by atoms with van der Waals surface area (Å²) in [5.74, 6) is 0.0994. The van der Waals surface area contributed by atoms with Crippen molar-refractivity contribution in [2.75, 3.05) is 39.8 Å². The summed E-state index contributed by atoms with van der Waals surface area (Å²) < 4.78 is 27.0. The van der Waals surface area contributed by atoms with E-state index >= 15 is 0 Å². The average Bonchev–Trinajstić information content (AvgIpc) is 3.28. The van der Waals surface area contributed by atoms with Gasteiger partial charge in [0.25, 0.3) is 15.9 Å². The quantitative estimate of drug-likeness (QED) is 0.756. The van der Waals surface area contributed by atoms with Crippen molar-refractivity contribution in [1.29, 1.82) is 0 Å². The van der Waals surface area contributed by atoms with Gasteiger partial charge in [-0.15, -0.1) is 22.7 Å². The SMILES string of the molecule is Cc1ccsc1CN(C)C(=O)C[NH+]1CCN(S(=O)(=O)c2cccs2)CC1. The summed E-state index contributed by atoms with van der Waals surface area (Å²) in [6, 6.07) is 5.46. The van der Waals surface area contributed by atoms with Crippen molar-refractivity contribution in [2.24, 2.45) is 0 Å². The topological polar surface area (TPSA) is 62.1 Å². The number of aryl methyl sites for hydroxylation is 1. The lowest BCUT2D eigenvalue weighted by molar-refractivity contribution is -0.896. The molecule has 6 nitrogen and oxygen atoms in total. The number of hydrogen-bond acceptors (Lipinski definition) is 5. The predicted molar refractivity (Wildman–Crippen MR) is 104 cm³/mol. The number of carbonyl (C=O) groups excluding carboxylic acids is 1. The maximum absolute atomic E-state index is 12.5. The number of carbonyl (C=O) groups is 1. The van der Waals surface area contributed by atoms with E-state index in [-0.39, 0.29) is 5.91 Å². The molecule has 0 spiro atoms. The molecule has 0 atom stereocenters. The zero-order valence-electron chi connectivity index (χ0n) is 15.0. The first-order valence-electron chi connectivity index (χ1n) is 8.52. The van der Waals surface area contributed by atoms with Crippen LogP contribution in [0.2, 0.25) is 0 Å². The van der Waals surface area contributed by atoms with E-state index in [2.05, 4.69) is 13.0 Å². The maximum Gasteiger partial charge on any atom is 0.277 e. The van der Waals surface area contributed by atoms with Crippen LogP contribution in [-0.2, 0) is 21.4 Å². The van der Waals surface area contributed by atoms with Crippen LogP contribution in [0.4, 0.5) is 0 Å². The lowest BCUT2D eigenvalue weighted by Gasteiger charge is -2.31. The first kappa shape index (κ1) is 19.5. The monoisotopic (exact) mass is 414 g/mol. The number of quaternary nitrogens is 1. The number of nitrogens with zero attached hydrogens (tertiary/aromatic N) is 2. The molecule has 1 fully saturated rings. The van der Waals surface area contributed by atoms with Crippen LogP contribution in [0.15, 0.2) is 33.2 Å². The molecule has 0 bridgehead atoms. The summed E-state index contributed by atoms with van der Waals surface area (Å²) in [4.78, 5) is 16.6. The summed E-state index contributed by atoms with van der Waals surface area (Å²) in [6.45, 7) is 5.32. The number of hydrogen-bond donors (Lipinski definition) is 1. The van der Waals surface area contributed by atoms with Crippen LogP contribution >= 0.6 is 22.7 Å². The molecule has 9 heteroatoms. The van der Waals surface area contributed by atoms with Gasteiger partial charge in [0, 0.05) is 11.9 Å². The Labute approximate surface area is 162 Å². The molecular weight excluding hydrogens is 390 g/mol. The van der Waals surface area contributed by atoms with Gasteiger partial charge in [-0.05, 0) is 35.4 Å². The summed E-state index contributed by atoms with van der Waals surface area (Å²) in [5, 5.41) is 3.82. The molecule has 2 aromatic rings. The van der Waals surface area contributed by atoms with Gasteiger partial charge >= 0.3 is 0 Å². The molecule has 0 aliphatic carbocycles. The van der Waals surface area contributed by atoms with Crippen molar-refractivity contribution in [1.82, 2.24) is 9.21 Å². The normalized spacial score (nSPS) is 16.7. The highest BCUT2D eigenvalue weighted by Gasteiger charge is 2.32. The zero-order chi connectivity index (χ0) is 18.7. The third-order valence-corrected chi connectivity index (χ3v) is 8.97. The van der Waals surface area contributed by atoms with E-state index < -0.39 is 10.0 Å². The molecule has 1 N–H and O–H groups in total. The second kappa shape index (κ2) is 8.18. The number of rotatable bonds is 6. The van der Waals surface area contributed by atoms with Crippen LogP contribution in [0, 0.1) is 6.92 Å². The van der Waals surface area contributed by atoms with Crippen molar-refractivity contribution in [3.8, 4) is 0 Å². The van der Waals surface area contributed by atoms with Crippen LogP contribution in [-0.4, -0.2) is 63.3 Å². The van der Waals surface area contributed by atoms with Crippen LogP contribution in [0.3, 0.4) is 0 Å². The molecule has 0 aromatic carbocycles. The average molecular weight is 415 g/mol. The molecule has 1 saturated heterocycles. The maximum atomic E-state index is 12.5. The Morgan fingerprint density at radius 2 is 1.96 bits per heavy atom. The summed E-state index contributed by atoms with van der Waals surface area (Å²) in [5.41, 5.74) is 1.22. The van der Waals surface area contributed by atoms with Gasteiger partial charge in [-0.2, -0.15) is 4.31 Å². The largest absolute Gasteiger partial charge is 0.336 e. The molecule has 2 aromatic heterocycles. The van der Waals surface area contributed by atoms with E-state index in [1.807, 2.05) is 12.4 Å². The standard InChI is InChI=1S/C17H23N3O3S3/c1-14-5-11-24-15(14)12-18(2)16(21)13-19-6-8-20(9-7-19)26(22,23)17-4-3-10-25-17/h3-5,10-11H,6-9,12-13H2,1-2H3/p+1. The van der Waals surface area contributed by atoms with Gasteiger partial charge in [-0.3, -0.25) is 4.79 Å². The lowest BCUT2D eigenvalue weighted by Crippen LogP contribution is -3.15. The van der Waals surface area contributed by atoms with Gasteiger partial charge in [0.05, 0.1) is 32.7 Å². The van der Waals surface area contributed by atoms with Crippen LogP contribution < -0.4 is 4.90 Å². The molecule has 3 rings (SSSR count). The number of nitrogens with one attached hydrogen (secondary N) is 1. The fraction of sp³-hybridized carbons (Fsp3) is 0.471. The molecule has 0 radical (unpaired) electrons. The third kappa shape index (κ3) is 4.34. The van der Waals surface area contributed by atoms with Crippen LogP contribution in [0.1, 0.15) is 10.4 Å². The van der Waals surface area contributed by atoms with Gasteiger partial charge in [0.2, 0.25) is 0 Å². The summed E-state index contributed by atoms with van der Waals surface area (Å²) in [6.07, 6.45) is 0. The van der Waals surface area contributed by atoms with Gasteiger partial charge in [-0.25, -0.2) is 8.42 Å². The summed E-state index contributed by atoms with van der Waals surface area (Å²) in [7, 11) is -1.55. The van der Waals surface area contributed by atoms with E-state index in [1.165, 1.54) is 26.1 Å². The Hall–Kier alpha value is -1.26. The molecular formula is C17H24N3O3S3+. The van der Waals surface area contributed by atoms with E-state index in [1.54, 1.807) is 33.7 Å². The third-order valence-electron chi connectivity index (χ3n) is 4.69. The Bertz CT molecular complexity index is 838. The highest BCUT2D eigenvalue weighted by Crippen LogP contribution is 2.20. The van der Waals surface area contributed by atoms with Gasteiger partial charge in [0.1, 0.15) is 4.21 Å². The van der Waals surface area contributed by atoms with E-state index in [4.69, 9.17) is 0 Å². The highest BCUT2D eigenvalue weighted by molar-refractivity contribution is 7.91. The van der Waals surface area contributed by atoms with Crippen molar-refractivity contribution in [3.05, 3.63) is 39.4 Å². The summed E-state index contributed by atoms with van der Waals surface area (Å²) >= 11 is 2.92. The minimum atomic E-state index is -3.38. The van der Waals surface area contributed by atoms with E-state index in [0.29, 0.717) is 43.5 Å². The van der Waals surface area contributed by atoms with E-state index in [0.717, 1.165) is 4.90 Å². The van der Waals surface area contributed by atoms with Crippen molar-refractivity contribution in [3.63, 3.8) is 0 Å². The molecule has 0 saturated carbocycles. The second-order valence-corrected chi connectivity index (χ2v) is 10.7. The highest BCUT2D eigenvalue weighted by atomic mass is 32.2. The molecule has 0 unspecified atom stereocenters. The zero-order valence-corrected chi connectivity index (χ0v) is 17.4. The first-order valence-corrected chi connectivity index (χ1v) is 11.7. The lowest BCUT2D eigenvalue weighted by atomic mass is 10.3. The van der Waals surface area contributed by atoms with Gasteiger partial charge < -0.3 is 9.80 Å². The Morgan fingerprint density at radius 3 is 2.54 bits per heavy atom. The molecule has 1 amide bonds. The number of amides is 1. The van der Waals surface area contributed by atoms with Gasteiger partial charge in [-0.1, -0.05) is 6.07 Å². The first-order chi connectivity index (χ1) is 12.4. The molecule has 3 heterocycles. The van der Waals surface area contributed by atoms with Gasteiger partial charge in [0.15, 0.2) is 6.54 Å². The molecule has 26 heavy (non-hydrogen) atoms.